The molecule has 6 nitrogen and oxygen atoms in total. The molecule has 3 aromatic carbocycles. The van der Waals surface area contributed by atoms with Crippen molar-refractivity contribution in [3.8, 4) is 5.75 Å². The first kappa shape index (κ1) is 21.4. The van der Waals surface area contributed by atoms with Gasteiger partial charge in [-0.05, 0) is 55.0 Å². The Morgan fingerprint density at radius 1 is 0.900 bits per heavy atom. The van der Waals surface area contributed by atoms with E-state index in [2.05, 4.69) is 15.8 Å². The highest BCUT2D eigenvalue weighted by atomic mass is 35.5. The molecule has 152 valence electrons. The van der Waals surface area contributed by atoms with Crippen molar-refractivity contribution in [2.75, 3.05) is 5.32 Å². The zero-order chi connectivity index (χ0) is 21.7. The molecule has 0 aliphatic rings. The number of halogens is 2. The summed E-state index contributed by atoms with van der Waals surface area (Å²) >= 11 is 11.9. The molecule has 0 spiro atoms. The molecule has 0 saturated heterocycles. The number of phenolic OH excluding ortho intramolecular Hbond substituents is 1. The molecule has 8 heteroatoms. The fourth-order valence-electron chi connectivity index (χ4n) is 2.59. The number of hydrogen-bond acceptors (Lipinski definition) is 4. The topological polar surface area (TPSA) is 90.8 Å². The molecule has 0 fully saturated rings. The van der Waals surface area contributed by atoms with Gasteiger partial charge in [0.1, 0.15) is 5.75 Å². The summed E-state index contributed by atoms with van der Waals surface area (Å²) in [6, 6.07) is 17.8. The largest absolute Gasteiger partial charge is 0.507 e. The molecule has 0 radical (unpaired) electrons. The van der Waals surface area contributed by atoms with Crippen LogP contribution in [0.2, 0.25) is 10.0 Å². The third-order valence-electron chi connectivity index (χ3n) is 4.21. The Labute approximate surface area is 183 Å². The van der Waals surface area contributed by atoms with Crippen molar-refractivity contribution < 1.29 is 14.7 Å². The first-order valence-corrected chi connectivity index (χ1v) is 9.60. The zero-order valence-electron chi connectivity index (χ0n) is 15.8. The number of nitrogens with zero attached hydrogens (tertiary/aromatic N) is 1. The van der Waals surface area contributed by atoms with Crippen LogP contribution in [0, 0.1) is 0 Å². The van der Waals surface area contributed by atoms with Gasteiger partial charge in [-0.2, -0.15) is 5.10 Å². The molecule has 0 aliphatic heterocycles. The maximum atomic E-state index is 12.4. The highest BCUT2D eigenvalue weighted by molar-refractivity contribution is 6.37. The average Bonchev–Trinajstić information content (AvgIpc) is 2.72. The average molecular weight is 442 g/mol. The second kappa shape index (κ2) is 9.43. The summed E-state index contributed by atoms with van der Waals surface area (Å²) in [5, 5.41) is 17.3. The number of benzene rings is 3. The first-order valence-electron chi connectivity index (χ1n) is 8.84. The summed E-state index contributed by atoms with van der Waals surface area (Å²) in [7, 11) is 0. The second-order valence-corrected chi connectivity index (χ2v) is 7.15. The quantitative estimate of drug-likeness (QED) is 0.379. The molecule has 3 aromatic rings. The Hall–Kier alpha value is -3.35. The van der Waals surface area contributed by atoms with Crippen LogP contribution in [0.3, 0.4) is 0 Å². The van der Waals surface area contributed by atoms with Gasteiger partial charge in [-0.3, -0.25) is 9.59 Å². The van der Waals surface area contributed by atoms with Gasteiger partial charge in [0, 0.05) is 10.7 Å². The number of hydrogen-bond donors (Lipinski definition) is 3. The van der Waals surface area contributed by atoms with E-state index in [0.717, 1.165) is 5.56 Å². The lowest BCUT2D eigenvalue weighted by Crippen LogP contribution is -2.19. The Morgan fingerprint density at radius 3 is 2.27 bits per heavy atom. The third-order valence-corrected chi connectivity index (χ3v) is 4.76. The lowest BCUT2D eigenvalue weighted by molar-refractivity contribution is 0.0951. The Balaban J connectivity index is 1.66. The van der Waals surface area contributed by atoms with Gasteiger partial charge in [0.05, 0.1) is 21.9 Å². The minimum Gasteiger partial charge on any atom is -0.507 e. The van der Waals surface area contributed by atoms with E-state index >= 15 is 0 Å². The van der Waals surface area contributed by atoms with Gasteiger partial charge in [0.15, 0.2) is 0 Å². The Bertz CT molecular complexity index is 1130. The standard InChI is InChI=1S/C22H17Cl2N3O3/c1-13(26-27-22(30)18-4-2-3-5-20(18)28)14-6-9-16(10-7-14)25-21(29)17-11-8-15(23)12-19(17)24/h2-12,28H,1H3,(H,25,29)(H,27,30). The van der Waals surface area contributed by atoms with Crippen molar-refractivity contribution in [1.29, 1.82) is 0 Å². The molecule has 30 heavy (non-hydrogen) atoms. The molecule has 0 heterocycles. The maximum Gasteiger partial charge on any atom is 0.275 e. The maximum absolute atomic E-state index is 12.4. The van der Waals surface area contributed by atoms with Crippen molar-refractivity contribution in [3.63, 3.8) is 0 Å². The number of carbonyl (C=O) groups is 2. The molecule has 3 N–H and O–H groups in total. The molecule has 2 amide bonds. The van der Waals surface area contributed by atoms with Crippen LogP contribution in [-0.2, 0) is 0 Å². The van der Waals surface area contributed by atoms with Crippen LogP contribution < -0.4 is 10.7 Å². The van der Waals surface area contributed by atoms with Crippen molar-refractivity contribution >= 4 is 46.4 Å². The summed E-state index contributed by atoms with van der Waals surface area (Å²) < 4.78 is 0. The zero-order valence-corrected chi connectivity index (χ0v) is 17.3. The molecule has 0 bridgehead atoms. The fraction of sp³-hybridized carbons (Fsp3) is 0.0455. The summed E-state index contributed by atoms with van der Waals surface area (Å²) in [6.45, 7) is 1.73. The summed E-state index contributed by atoms with van der Waals surface area (Å²) in [6.07, 6.45) is 0. The lowest BCUT2D eigenvalue weighted by atomic mass is 10.1. The van der Waals surface area contributed by atoms with E-state index in [1.54, 1.807) is 55.5 Å². The number of phenols is 1. The van der Waals surface area contributed by atoms with Crippen LogP contribution in [0.1, 0.15) is 33.2 Å². The minimum absolute atomic E-state index is 0.122. The van der Waals surface area contributed by atoms with Gasteiger partial charge in [-0.25, -0.2) is 5.43 Å². The molecule has 0 unspecified atom stereocenters. The van der Waals surface area contributed by atoms with E-state index in [0.29, 0.717) is 22.0 Å². The van der Waals surface area contributed by atoms with E-state index < -0.39 is 5.91 Å². The van der Waals surface area contributed by atoms with Crippen LogP contribution in [0.5, 0.6) is 5.75 Å². The lowest BCUT2D eigenvalue weighted by Gasteiger charge is -2.08. The van der Waals surface area contributed by atoms with Crippen molar-refractivity contribution in [3.05, 3.63) is 93.5 Å². The first-order chi connectivity index (χ1) is 14.3. The van der Waals surface area contributed by atoms with Gasteiger partial charge in [-0.1, -0.05) is 47.5 Å². The molecular weight excluding hydrogens is 425 g/mol. The number of amides is 2. The van der Waals surface area contributed by atoms with Crippen LogP contribution >= 0.6 is 23.2 Å². The summed E-state index contributed by atoms with van der Waals surface area (Å²) in [5.74, 6) is -0.996. The Kier molecular flexibility index (Phi) is 6.72. The Morgan fingerprint density at radius 2 is 1.60 bits per heavy atom. The van der Waals surface area contributed by atoms with E-state index in [9.17, 15) is 14.7 Å². The number of nitrogens with one attached hydrogen (secondary N) is 2. The van der Waals surface area contributed by atoms with Gasteiger partial charge in [-0.15, -0.1) is 0 Å². The minimum atomic E-state index is -0.517. The number of carbonyl (C=O) groups excluding carboxylic acids is 2. The highest BCUT2D eigenvalue weighted by Gasteiger charge is 2.12. The smallest absolute Gasteiger partial charge is 0.275 e. The number of anilines is 1. The molecule has 0 saturated carbocycles. The SMILES string of the molecule is CC(=NNC(=O)c1ccccc1O)c1ccc(NC(=O)c2ccc(Cl)cc2Cl)cc1. The summed E-state index contributed by atoms with van der Waals surface area (Å²) in [5.41, 5.74) is 4.73. The number of aromatic hydroxyl groups is 1. The second-order valence-electron chi connectivity index (χ2n) is 6.31. The monoisotopic (exact) mass is 441 g/mol. The number of para-hydroxylation sites is 1. The van der Waals surface area contributed by atoms with E-state index in [-0.39, 0.29) is 22.2 Å². The fourth-order valence-corrected chi connectivity index (χ4v) is 3.09. The van der Waals surface area contributed by atoms with Gasteiger partial charge in [0.2, 0.25) is 0 Å². The van der Waals surface area contributed by atoms with Crippen molar-refractivity contribution in [2.45, 2.75) is 6.92 Å². The van der Waals surface area contributed by atoms with Gasteiger partial charge in [0.25, 0.3) is 11.8 Å². The van der Waals surface area contributed by atoms with Crippen molar-refractivity contribution in [1.82, 2.24) is 5.43 Å². The van der Waals surface area contributed by atoms with E-state index in [1.165, 1.54) is 18.2 Å². The van der Waals surface area contributed by atoms with Crippen LogP contribution in [0.4, 0.5) is 5.69 Å². The predicted octanol–water partition coefficient (Wildman–Crippen LogP) is 5.11. The van der Waals surface area contributed by atoms with Gasteiger partial charge < -0.3 is 10.4 Å². The van der Waals surface area contributed by atoms with Crippen molar-refractivity contribution in [2.24, 2.45) is 5.10 Å². The molecular formula is C22H17Cl2N3O3. The van der Waals surface area contributed by atoms with E-state index in [1.807, 2.05) is 0 Å². The number of rotatable bonds is 5. The molecule has 0 aromatic heterocycles. The molecule has 0 aliphatic carbocycles. The normalized spacial score (nSPS) is 11.1. The van der Waals surface area contributed by atoms with E-state index in [4.69, 9.17) is 23.2 Å². The molecule has 0 atom stereocenters. The van der Waals surface area contributed by atoms with Crippen LogP contribution in [0.15, 0.2) is 71.8 Å². The summed E-state index contributed by atoms with van der Waals surface area (Å²) in [4.78, 5) is 24.5. The number of hydrazone groups is 1. The molecule has 3 rings (SSSR count). The van der Waals surface area contributed by atoms with Gasteiger partial charge >= 0.3 is 0 Å². The van der Waals surface area contributed by atoms with Crippen LogP contribution in [-0.4, -0.2) is 22.6 Å². The third kappa shape index (κ3) is 5.17. The highest BCUT2D eigenvalue weighted by Crippen LogP contribution is 2.22. The van der Waals surface area contributed by atoms with Crippen LogP contribution in [0.25, 0.3) is 0 Å². The predicted molar refractivity (Wildman–Crippen MR) is 119 cm³/mol.